The Morgan fingerprint density at radius 1 is 1.05 bits per heavy atom. The van der Waals surface area contributed by atoms with E-state index in [1.165, 1.54) is 65.0 Å². The van der Waals surface area contributed by atoms with E-state index in [1.807, 2.05) is 0 Å². The van der Waals surface area contributed by atoms with Crippen LogP contribution in [0.1, 0.15) is 32.6 Å². The zero-order valence-corrected chi connectivity index (χ0v) is 13.0. The van der Waals surface area contributed by atoms with Crippen molar-refractivity contribution in [1.29, 1.82) is 0 Å². The Kier molecular flexibility index (Phi) is 5.32. The number of ether oxygens (including phenoxy) is 1. The second-order valence-corrected chi connectivity index (χ2v) is 6.88. The molecular formula is C16H31N3O. The highest BCUT2D eigenvalue weighted by Crippen LogP contribution is 2.21. The normalized spacial score (nSPS) is 32.5. The summed E-state index contributed by atoms with van der Waals surface area (Å²) < 4.78 is 5.50. The summed E-state index contributed by atoms with van der Waals surface area (Å²) >= 11 is 0. The topological polar surface area (TPSA) is 27.7 Å². The Balaban J connectivity index is 1.46. The van der Waals surface area contributed by atoms with Gasteiger partial charge in [0.2, 0.25) is 0 Å². The monoisotopic (exact) mass is 281 g/mol. The van der Waals surface area contributed by atoms with Gasteiger partial charge >= 0.3 is 0 Å². The van der Waals surface area contributed by atoms with Gasteiger partial charge in [-0.15, -0.1) is 0 Å². The number of hydrogen-bond donors (Lipinski definition) is 1. The molecule has 0 bridgehead atoms. The summed E-state index contributed by atoms with van der Waals surface area (Å²) in [6, 6.07) is 1.51. The first kappa shape index (κ1) is 14.8. The van der Waals surface area contributed by atoms with Crippen LogP contribution in [0.5, 0.6) is 0 Å². The number of piperidine rings is 1. The lowest BCUT2D eigenvalue weighted by atomic mass is 9.96. The highest BCUT2D eigenvalue weighted by Gasteiger charge is 2.30. The average molecular weight is 281 g/mol. The first-order chi connectivity index (χ1) is 9.83. The molecule has 0 radical (unpaired) electrons. The minimum absolute atomic E-state index is 0.724. The smallest absolute Gasteiger partial charge is 0.0480 e. The van der Waals surface area contributed by atoms with Gasteiger partial charge in [0, 0.05) is 51.5 Å². The number of hydrogen-bond acceptors (Lipinski definition) is 4. The van der Waals surface area contributed by atoms with Crippen LogP contribution in [0.2, 0.25) is 0 Å². The molecule has 0 spiro atoms. The molecule has 4 heteroatoms. The molecule has 3 rings (SSSR count). The number of nitrogens with zero attached hydrogens (tertiary/aromatic N) is 2. The molecule has 0 aromatic rings. The molecule has 3 fully saturated rings. The third-order valence-electron chi connectivity index (χ3n) is 5.46. The average Bonchev–Trinajstić information content (AvgIpc) is 2.51. The minimum atomic E-state index is 0.724. The van der Waals surface area contributed by atoms with Crippen molar-refractivity contribution in [2.24, 2.45) is 5.92 Å². The van der Waals surface area contributed by atoms with E-state index in [2.05, 4.69) is 22.0 Å². The SMILES string of the molecule is C[C@H]1CN(C2CCOCC2)CCN1CC1CCNCC1. The molecule has 1 N–H and O–H groups in total. The molecular weight excluding hydrogens is 250 g/mol. The lowest BCUT2D eigenvalue weighted by Gasteiger charge is -2.45. The Hall–Kier alpha value is -0.160. The number of nitrogens with one attached hydrogen (secondary N) is 1. The quantitative estimate of drug-likeness (QED) is 0.840. The van der Waals surface area contributed by atoms with Gasteiger partial charge in [0.05, 0.1) is 0 Å². The third kappa shape index (κ3) is 3.73. The maximum absolute atomic E-state index is 5.50. The predicted octanol–water partition coefficient (Wildman–Crippen LogP) is 1.17. The number of rotatable bonds is 3. The van der Waals surface area contributed by atoms with E-state index in [4.69, 9.17) is 4.74 Å². The summed E-state index contributed by atoms with van der Waals surface area (Å²) in [5.41, 5.74) is 0. The van der Waals surface area contributed by atoms with Crippen LogP contribution in [0.25, 0.3) is 0 Å². The van der Waals surface area contributed by atoms with E-state index in [0.29, 0.717) is 0 Å². The van der Waals surface area contributed by atoms with E-state index in [9.17, 15) is 0 Å². The Morgan fingerprint density at radius 2 is 1.80 bits per heavy atom. The minimum Gasteiger partial charge on any atom is -0.381 e. The highest BCUT2D eigenvalue weighted by atomic mass is 16.5. The van der Waals surface area contributed by atoms with Crippen molar-refractivity contribution in [1.82, 2.24) is 15.1 Å². The van der Waals surface area contributed by atoms with Crippen molar-refractivity contribution in [3.8, 4) is 0 Å². The molecule has 4 nitrogen and oxygen atoms in total. The van der Waals surface area contributed by atoms with Gasteiger partial charge in [-0.2, -0.15) is 0 Å². The fourth-order valence-corrected chi connectivity index (χ4v) is 4.07. The molecule has 3 saturated heterocycles. The summed E-state index contributed by atoms with van der Waals surface area (Å²) in [6.45, 7) is 11.9. The van der Waals surface area contributed by atoms with Crippen LogP contribution >= 0.6 is 0 Å². The Bertz CT molecular complexity index is 287. The molecule has 1 atom stereocenters. The summed E-state index contributed by atoms with van der Waals surface area (Å²) in [7, 11) is 0. The van der Waals surface area contributed by atoms with Gasteiger partial charge in [0.25, 0.3) is 0 Å². The fraction of sp³-hybridized carbons (Fsp3) is 1.00. The summed E-state index contributed by atoms with van der Waals surface area (Å²) in [4.78, 5) is 5.47. The van der Waals surface area contributed by atoms with Crippen LogP contribution in [-0.2, 0) is 4.74 Å². The largest absolute Gasteiger partial charge is 0.381 e. The summed E-state index contributed by atoms with van der Waals surface area (Å²) in [5, 5.41) is 3.47. The second kappa shape index (κ2) is 7.21. The molecule has 3 heterocycles. The zero-order valence-electron chi connectivity index (χ0n) is 13.0. The van der Waals surface area contributed by atoms with Crippen molar-refractivity contribution in [3.63, 3.8) is 0 Å². The molecule has 0 aliphatic carbocycles. The molecule has 3 aliphatic heterocycles. The molecule has 116 valence electrons. The van der Waals surface area contributed by atoms with E-state index in [-0.39, 0.29) is 0 Å². The Labute approximate surface area is 123 Å². The van der Waals surface area contributed by atoms with Gasteiger partial charge in [0.1, 0.15) is 0 Å². The first-order valence-electron chi connectivity index (χ1n) is 8.59. The van der Waals surface area contributed by atoms with Crippen LogP contribution in [0, 0.1) is 5.92 Å². The van der Waals surface area contributed by atoms with Crippen LogP contribution in [0.15, 0.2) is 0 Å². The molecule has 0 aromatic carbocycles. The van der Waals surface area contributed by atoms with E-state index in [0.717, 1.165) is 31.2 Å². The fourth-order valence-electron chi connectivity index (χ4n) is 4.07. The van der Waals surface area contributed by atoms with Gasteiger partial charge in [-0.05, 0) is 51.6 Å². The van der Waals surface area contributed by atoms with Crippen LogP contribution in [0.3, 0.4) is 0 Å². The van der Waals surface area contributed by atoms with Crippen LogP contribution < -0.4 is 5.32 Å². The Morgan fingerprint density at radius 3 is 2.50 bits per heavy atom. The van der Waals surface area contributed by atoms with Gasteiger partial charge < -0.3 is 10.1 Å². The second-order valence-electron chi connectivity index (χ2n) is 6.88. The highest BCUT2D eigenvalue weighted by molar-refractivity contribution is 4.86. The molecule has 3 aliphatic rings. The first-order valence-corrected chi connectivity index (χ1v) is 8.59. The third-order valence-corrected chi connectivity index (χ3v) is 5.46. The van der Waals surface area contributed by atoms with Gasteiger partial charge in [-0.25, -0.2) is 0 Å². The van der Waals surface area contributed by atoms with E-state index in [1.54, 1.807) is 0 Å². The van der Waals surface area contributed by atoms with Crippen molar-refractivity contribution < 1.29 is 4.74 Å². The van der Waals surface area contributed by atoms with Crippen LogP contribution in [0.4, 0.5) is 0 Å². The number of piperazine rings is 1. The van der Waals surface area contributed by atoms with Gasteiger partial charge in [0.15, 0.2) is 0 Å². The molecule has 0 unspecified atom stereocenters. The van der Waals surface area contributed by atoms with Gasteiger partial charge in [-0.3, -0.25) is 9.80 Å². The molecule has 0 aromatic heterocycles. The van der Waals surface area contributed by atoms with Gasteiger partial charge in [-0.1, -0.05) is 0 Å². The van der Waals surface area contributed by atoms with Crippen molar-refractivity contribution in [2.75, 3.05) is 52.5 Å². The summed E-state index contributed by atoms with van der Waals surface area (Å²) in [6.07, 6.45) is 5.21. The van der Waals surface area contributed by atoms with Crippen molar-refractivity contribution in [3.05, 3.63) is 0 Å². The molecule has 0 amide bonds. The lowest BCUT2D eigenvalue weighted by molar-refractivity contribution is -0.00588. The lowest BCUT2D eigenvalue weighted by Crippen LogP contribution is -2.56. The van der Waals surface area contributed by atoms with E-state index >= 15 is 0 Å². The van der Waals surface area contributed by atoms with Crippen LogP contribution in [-0.4, -0.2) is 74.4 Å². The standard InChI is InChI=1S/C16H31N3O/c1-14-12-19(16-4-10-20-11-5-16)9-8-18(14)13-15-2-6-17-7-3-15/h14-17H,2-13H2,1H3/t14-/m0/s1. The summed E-state index contributed by atoms with van der Waals surface area (Å²) in [5.74, 6) is 0.924. The maximum Gasteiger partial charge on any atom is 0.0480 e. The van der Waals surface area contributed by atoms with E-state index < -0.39 is 0 Å². The zero-order chi connectivity index (χ0) is 13.8. The van der Waals surface area contributed by atoms with Crippen molar-refractivity contribution >= 4 is 0 Å². The maximum atomic E-state index is 5.50. The predicted molar refractivity (Wildman–Crippen MR) is 82.0 cm³/mol. The van der Waals surface area contributed by atoms with Crippen molar-refractivity contribution in [2.45, 2.75) is 44.7 Å². The molecule has 0 saturated carbocycles. The molecule has 20 heavy (non-hydrogen) atoms.